The average Bonchev–Trinajstić information content (AvgIpc) is 3.25. The molecule has 3 heterocycles. The molecular formula is C16H21ClN4O. The summed E-state index contributed by atoms with van der Waals surface area (Å²) in [4.78, 5) is 0. The maximum absolute atomic E-state index is 5.53. The Hall–Kier alpha value is -1.33. The van der Waals surface area contributed by atoms with Crippen molar-refractivity contribution < 1.29 is 4.52 Å². The van der Waals surface area contributed by atoms with Crippen molar-refractivity contribution in [3.8, 4) is 11.3 Å². The van der Waals surface area contributed by atoms with E-state index in [-0.39, 0.29) is 17.8 Å². The zero-order valence-corrected chi connectivity index (χ0v) is 13.5. The normalized spacial score (nSPS) is 29.2. The van der Waals surface area contributed by atoms with Gasteiger partial charge in [-0.1, -0.05) is 5.16 Å². The number of hydrogen-bond donors (Lipinski definition) is 1. The van der Waals surface area contributed by atoms with Crippen molar-refractivity contribution in [2.45, 2.75) is 38.1 Å². The largest absolute Gasteiger partial charge is 0.361 e. The molecule has 0 amide bonds. The molecule has 2 aliphatic carbocycles. The van der Waals surface area contributed by atoms with Crippen LogP contribution >= 0.6 is 12.4 Å². The smallest absolute Gasteiger partial charge is 0.143 e. The molecule has 5 nitrogen and oxygen atoms in total. The minimum Gasteiger partial charge on any atom is -0.361 e. The van der Waals surface area contributed by atoms with E-state index in [9.17, 15) is 0 Å². The van der Waals surface area contributed by atoms with Gasteiger partial charge in [0.15, 0.2) is 0 Å². The van der Waals surface area contributed by atoms with Gasteiger partial charge in [-0.3, -0.25) is 4.68 Å². The van der Waals surface area contributed by atoms with E-state index in [0.29, 0.717) is 0 Å². The summed E-state index contributed by atoms with van der Waals surface area (Å²) in [6.07, 6.45) is 6.03. The quantitative estimate of drug-likeness (QED) is 0.940. The van der Waals surface area contributed by atoms with Gasteiger partial charge >= 0.3 is 0 Å². The molecule has 1 aliphatic heterocycles. The first-order valence-electron chi connectivity index (χ1n) is 7.97. The Labute approximate surface area is 135 Å². The number of aromatic nitrogens is 3. The van der Waals surface area contributed by atoms with Crippen LogP contribution in [0.15, 0.2) is 16.8 Å². The van der Waals surface area contributed by atoms with Crippen LogP contribution in [-0.4, -0.2) is 28.0 Å². The molecule has 6 heteroatoms. The van der Waals surface area contributed by atoms with Crippen molar-refractivity contribution in [3.63, 3.8) is 0 Å². The van der Waals surface area contributed by atoms with Gasteiger partial charge in [0.25, 0.3) is 0 Å². The first-order chi connectivity index (χ1) is 10.3. The molecule has 118 valence electrons. The van der Waals surface area contributed by atoms with Crippen LogP contribution in [-0.2, 0) is 12.0 Å². The Morgan fingerprint density at radius 2 is 2.32 bits per heavy atom. The molecule has 0 spiro atoms. The van der Waals surface area contributed by atoms with Crippen molar-refractivity contribution in [2.75, 3.05) is 13.1 Å². The van der Waals surface area contributed by atoms with E-state index in [1.54, 1.807) is 0 Å². The van der Waals surface area contributed by atoms with Crippen LogP contribution in [0.25, 0.3) is 11.3 Å². The molecule has 2 atom stereocenters. The molecule has 1 saturated heterocycles. The number of fused-ring (bicyclic) bond motifs is 1. The topological polar surface area (TPSA) is 55.9 Å². The van der Waals surface area contributed by atoms with E-state index >= 15 is 0 Å². The highest BCUT2D eigenvalue weighted by atomic mass is 35.5. The second-order valence-corrected chi connectivity index (χ2v) is 7.02. The minimum atomic E-state index is 0. The number of halogens is 1. The van der Waals surface area contributed by atoms with E-state index in [2.05, 4.69) is 27.4 Å². The highest BCUT2D eigenvalue weighted by Crippen LogP contribution is 2.58. The summed E-state index contributed by atoms with van der Waals surface area (Å²) < 4.78 is 7.61. The third-order valence-corrected chi connectivity index (χ3v) is 5.44. The highest BCUT2D eigenvalue weighted by molar-refractivity contribution is 5.85. The fourth-order valence-electron chi connectivity index (χ4n) is 3.88. The molecule has 2 saturated carbocycles. The van der Waals surface area contributed by atoms with Gasteiger partial charge < -0.3 is 9.84 Å². The third kappa shape index (κ3) is 2.02. The third-order valence-electron chi connectivity index (χ3n) is 5.44. The van der Waals surface area contributed by atoms with Crippen molar-refractivity contribution >= 4 is 12.4 Å². The first kappa shape index (κ1) is 14.3. The molecule has 0 radical (unpaired) electrons. The van der Waals surface area contributed by atoms with Crippen LogP contribution in [0, 0.1) is 18.8 Å². The van der Waals surface area contributed by atoms with Gasteiger partial charge in [0.1, 0.15) is 11.5 Å². The lowest BCUT2D eigenvalue weighted by molar-refractivity contribution is 0.383. The summed E-state index contributed by atoms with van der Waals surface area (Å²) in [6, 6.07) is 2.11. The number of piperidine rings is 1. The molecule has 2 aromatic heterocycles. The van der Waals surface area contributed by atoms with Crippen LogP contribution in [0.4, 0.5) is 0 Å². The number of nitrogens with one attached hydrogen (secondary N) is 1. The van der Waals surface area contributed by atoms with E-state index in [1.807, 2.05) is 6.92 Å². The zero-order chi connectivity index (χ0) is 14.0. The SMILES string of the molecule is Cc1onc(C23CNCC2C3)c1-c1ccn(CC2CC2)n1.Cl. The second kappa shape index (κ2) is 4.83. The Kier molecular flexibility index (Phi) is 3.13. The number of rotatable bonds is 4. The second-order valence-electron chi connectivity index (χ2n) is 7.02. The molecule has 22 heavy (non-hydrogen) atoms. The lowest BCUT2D eigenvalue weighted by atomic mass is 9.95. The standard InChI is InChI=1S/C16H20N4O.ClH/c1-10-14(13-4-5-20(18-13)8-11-2-3-11)15(19-21-10)16-6-12(16)7-17-9-16;/h4-5,11-12,17H,2-3,6-9H2,1H3;1H. The summed E-state index contributed by atoms with van der Waals surface area (Å²) in [6.45, 7) is 5.19. The van der Waals surface area contributed by atoms with Gasteiger partial charge in [0.05, 0.1) is 11.3 Å². The number of hydrogen-bond acceptors (Lipinski definition) is 4. The summed E-state index contributed by atoms with van der Waals surface area (Å²) >= 11 is 0. The molecule has 1 N–H and O–H groups in total. The van der Waals surface area contributed by atoms with Crippen LogP contribution in [0.3, 0.4) is 0 Å². The lowest BCUT2D eigenvalue weighted by Gasteiger charge is -2.09. The summed E-state index contributed by atoms with van der Waals surface area (Å²) in [5.41, 5.74) is 3.51. The van der Waals surface area contributed by atoms with E-state index in [4.69, 9.17) is 9.62 Å². The zero-order valence-electron chi connectivity index (χ0n) is 12.7. The van der Waals surface area contributed by atoms with Gasteiger partial charge in [-0.05, 0) is 50.6 Å². The maximum atomic E-state index is 5.53. The van der Waals surface area contributed by atoms with Gasteiger partial charge in [-0.15, -0.1) is 12.4 Å². The molecule has 2 aromatic rings. The molecular weight excluding hydrogens is 300 g/mol. The summed E-state index contributed by atoms with van der Waals surface area (Å²) in [7, 11) is 0. The van der Waals surface area contributed by atoms with E-state index < -0.39 is 0 Å². The van der Waals surface area contributed by atoms with Crippen LogP contribution in [0.1, 0.15) is 30.7 Å². The Bertz CT molecular complexity index is 705. The number of nitrogens with zero attached hydrogens (tertiary/aromatic N) is 3. The molecule has 2 unspecified atom stereocenters. The van der Waals surface area contributed by atoms with Crippen molar-refractivity contribution in [1.29, 1.82) is 0 Å². The van der Waals surface area contributed by atoms with Crippen LogP contribution in [0.2, 0.25) is 0 Å². The fraction of sp³-hybridized carbons (Fsp3) is 0.625. The van der Waals surface area contributed by atoms with Gasteiger partial charge in [0, 0.05) is 24.7 Å². The Morgan fingerprint density at radius 3 is 3.00 bits per heavy atom. The lowest BCUT2D eigenvalue weighted by Crippen LogP contribution is -2.20. The minimum absolute atomic E-state index is 0. The Balaban J connectivity index is 0.00000125. The fourth-order valence-corrected chi connectivity index (χ4v) is 3.88. The molecule has 5 rings (SSSR count). The predicted octanol–water partition coefficient (Wildman–Crippen LogP) is 2.54. The number of aryl methyl sites for hydroxylation is 1. The van der Waals surface area contributed by atoms with E-state index in [0.717, 1.165) is 54.2 Å². The maximum Gasteiger partial charge on any atom is 0.143 e. The molecule has 3 aliphatic rings. The molecule has 0 aromatic carbocycles. The van der Waals surface area contributed by atoms with Crippen molar-refractivity contribution in [2.24, 2.45) is 11.8 Å². The van der Waals surface area contributed by atoms with Crippen LogP contribution in [0.5, 0.6) is 0 Å². The summed E-state index contributed by atoms with van der Waals surface area (Å²) in [5.74, 6) is 2.47. The van der Waals surface area contributed by atoms with Crippen LogP contribution < -0.4 is 5.32 Å². The van der Waals surface area contributed by atoms with Gasteiger partial charge in [-0.2, -0.15) is 5.10 Å². The van der Waals surface area contributed by atoms with Gasteiger partial charge in [0.2, 0.25) is 0 Å². The predicted molar refractivity (Wildman–Crippen MR) is 85.1 cm³/mol. The van der Waals surface area contributed by atoms with E-state index in [1.165, 1.54) is 19.3 Å². The molecule has 0 bridgehead atoms. The van der Waals surface area contributed by atoms with Crippen molar-refractivity contribution in [1.82, 2.24) is 20.3 Å². The Morgan fingerprint density at radius 1 is 1.45 bits per heavy atom. The van der Waals surface area contributed by atoms with Gasteiger partial charge in [-0.25, -0.2) is 0 Å². The monoisotopic (exact) mass is 320 g/mol. The van der Waals surface area contributed by atoms with Crippen molar-refractivity contribution in [3.05, 3.63) is 23.7 Å². The average molecular weight is 321 g/mol. The first-order valence-corrected chi connectivity index (χ1v) is 7.97. The highest BCUT2D eigenvalue weighted by Gasteiger charge is 2.61. The summed E-state index contributed by atoms with van der Waals surface area (Å²) in [5, 5.41) is 12.7. The molecule has 3 fully saturated rings.